The Kier molecular flexibility index (Phi) is 5.70. The second-order valence-corrected chi connectivity index (χ2v) is 6.15. The van der Waals surface area contributed by atoms with Crippen molar-refractivity contribution in [2.75, 3.05) is 13.2 Å². The summed E-state index contributed by atoms with van der Waals surface area (Å²) in [5.41, 5.74) is 2.29. The van der Waals surface area contributed by atoms with Crippen LogP contribution < -0.4 is 9.47 Å². The lowest BCUT2D eigenvalue weighted by atomic mass is 9.96. The van der Waals surface area contributed by atoms with Gasteiger partial charge < -0.3 is 9.47 Å². The summed E-state index contributed by atoms with van der Waals surface area (Å²) in [5, 5.41) is 0. The molecule has 1 aromatic rings. The topological polar surface area (TPSA) is 18.5 Å². The Morgan fingerprint density at radius 3 is 2.14 bits per heavy atom. The van der Waals surface area contributed by atoms with Gasteiger partial charge in [-0.25, -0.2) is 0 Å². The van der Waals surface area contributed by atoms with Gasteiger partial charge in [0, 0.05) is 29.0 Å². The Balaban J connectivity index is 0.000000847. The highest BCUT2D eigenvalue weighted by Crippen LogP contribution is 2.35. The van der Waals surface area contributed by atoms with Crippen LogP contribution in [0.2, 0.25) is 0 Å². The van der Waals surface area contributed by atoms with Crippen molar-refractivity contribution in [2.24, 2.45) is 17.8 Å². The Bertz CT molecular complexity index is 555. The van der Waals surface area contributed by atoms with Crippen molar-refractivity contribution in [1.29, 1.82) is 0 Å². The van der Waals surface area contributed by atoms with Gasteiger partial charge in [0.2, 0.25) is 0 Å². The van der Waals surface area contributed by atoms with Crippen LogP contribution in [0, 0.1) is 17.8 Å². The maximum absolute atomic E-state index is 5.99. The fourth-order valence-electron chi connectivity index (χ4n) is 2.53. The molecule has 22 heavy (non-hydrogen) atoms. The Morgan fingerprint density at radius 2 is 1.50 bits per heavy atom. The quantitative estimate of drug-likeness (QED) is 0.688. The molecule has 2 heteroatoms. The summed E-state index contributed by atoms with van der Waals surface area (Å²) in [7, 11) is 0. The number of fused-ring (bicyclic) bond motifs is 2. The van der Waals surface area contributed by atoms with Gasteiger partial charge >= 0.3 is 0 Å². The molecular formula is C20H28O2. The van der Waals surface area contributed by atoms with Crippen LogP contribution in [-0.2, 0) is 0 Å². The molecule has 0 saturated heterocycles. The summed E-state index contributed by atoms with van der Waals surface area (Å²) in [4.78, 5) is 0. The highest BCUT2D eigenvalue weighted by atomic mass is 16.5. The van der Waals surface area contributed by atoms with Crippen LogP contribution in [0.15, 0.2) is 24.3 Å². The molecule has 2 atom stereocenters. The molecule has 0 radical (unpaired) electrons. The molecule has 0 bridgehead atoms. The van der Waals surface area contributed by atoms with Crippen molar-refractivity contribution in [2.45, 2.75) is 34.6 Å². The first kappa shape index (κ1) is 16.7. The largest absolute Gasteiger partial charge is 0.492 e. The first-order valence-corrected chi connectivity index (χ1v) is 8.43. The summed E-state index contributed by atoms with van der Waals surface area (Å²) < 4.78 is 11.9. The lowest BCUT2D eigenvalue weighted by molar-refractivity contribution is 0.242. The molecule has 2 unspecified atom stereocenters. The third-order valence-electron chi connectivity index (χ3n) is 4.06. The Hall–Kier alpha value is -1.70. The van der Waals surface area contributed by atoms with Gasteiger partial charge in [-0.15, -0.1) is 0 Å². The van der Waals surface area contributed by atoms with Crippen LogP contribution in [-0.4, -0.2) is 13.2 Å². The zero-order valence-corrected chi connectivity index (χ0v) is 14.4. The molecule has 0 N–H and O–H groups in total. The van der Waals surface area contributed by atoms with Crippen LogP contribution in [0.25, 0.3) is 12.2 Å². The van der Waals surface area contributed by atoms with Crippen LogP contribution in [0.1, 0.15) is 45.7 Å². The number of hydrogen-bond donors (Lipinski definition) is 0. The van der Waals surface area contributed by atoms with E-state index in [-0.39, 0.29) is 0 Å². The van der Waals surface area contributed by atoms with E-state index < -0.39 is 0 Å². The average molecular weight is 300 g/mol. The molecule has 2 nitrogen and oxygen atoms in total. The molecule has 0 saturated carbocycles. The predicted octanol–water partition coefficient (Wildman–Crippen LogP) is 5.43. The minimum Gasteiger partial charge on any atom is -0.492 e. The molecule has 2 aliphatic heterocycles. The van der Waals surface area contributed by atoms with Gasteiger partial charge in [0.25, 0.3) is 0 Å². The minimum absolute atomic E-state index is 0.448. The first-order chi connectivity index (χ1) is 10.6. The minimum atomic E-state index is 0.448. The predicted molar refractivity (Wildman–Crippen MR) is 94.3 cm³/mol. The van der Waals surface area contributed by atoms with Crippen LogP contribution >= 0.6 is 0 Å². The molecule has 2 aliphatic rings. The van der Waals surface area contributed by atoms with E-state index in [1.165, 1.54) is 0 Å². The normalized spacial score (nSPS) is 22.3. The van der Waals surface area contributed by atoms with Crippen LogP contribution in [0.3, 0.4) is 0 Å². The highest BCUT2D eigenvalue weighted by molar-refractivity contribution is 5.69. The van der Waals surface area contributed by atoms with Gasteiger partial charge in [-0.1, -0.05) is 58.9 Å². The standard InChI is InChI=1S/C18H22O2.C2H6/c1-12(2)16-7-6-15-8-14-5-4-13(3)10-19-17(14)9-18(15)20-11-16;1-2/h4-9,12-13,16H,10-11H2,1-3H3;1-2H3. The van der Waals surface area contributed by atoms with E-state index in [1.54, 1.807) is 0 Å². The molecule has 0 spiro atoms. The van der Waals surface area contributed by atoms with E-state index in [9.17, 15) is 0 Å². The summed E-state index contributed by atoms with van der Waals surface area (Å²) in [6.07, 6.45) is 8.82. The fourth-order valence-corrected chi connectivity index (χ4v) is 2.53. The van der Waals surface area contributed by atoms with Gasteiger partial charge in [-0.05, 0) is 12.0 Å². The van der Waals surface area contributed by atoms with Crippen molar-refractivity contribution < 1.29 is 9.47 Å². The molecule has 0 fully saturated rings. The molecule has 0 aromatic heterocycles. The van der Waals surface area contributed by atoms with Gasteiger partial charge in [-0.2, -0.15) is 0 Å². The van der Waals surface area contributed by atoms with Crippen molar-refractivity contribution in [3.05, 3.63) is 35.4 Å². The zero-order valence-electron chi connectivity index (χ0n) is 14.4. The molecular weight excluding hydrogens is 272 g/mol. The van der Waals surface area contributed by atoms with E-state index in [4.69, 9.17) is 9.47 Å². The van der Waals surface area contributed by atoms with Crippen molar-refractivity contribution >= 4 is 12.2 Å². The maximum atomic E-state index is 5.99. The Labute approximate surface area is 134 Å². The smallest absolute Gasteiger partial charge is 0.130 e. The van der Waals surface area contributed by atoms with Crippen molar-refractivity contribution in [3.8, 4) is 11.5 Å². The van der Waals surface area contributed by atoms with Crippen LogP contribution in [0.4, 0.5) is 0 Å². The number of hydrogen-bond acceptors (Lipinski definition) is 2. The Morgan fingerprint density at radius 1 is 0.909 bits per heavy atom. The van der Waals surface area contributed by atoms with E-state index >= 15 is 0 Å². The van der Waals surface area contributed by atoms with E-state index in [1.807, 2.05) is 19.9 Å². The number of benzene rings is 1. The highest BCUT2D eigenvalue weighted by Gasteiger charge is 2.18. The zero-order chi connectivity index (χ0) is 16.1. The second-order valence-electron chi connectivity index (χ2n) is 6.15. The maximum Gasteiger partial charge on any atom is 0.130 e. The van der Waals surface area contributed by atoms with Gasteiger partial charge in [0.15, 0.2) is 0 Å². The van der Waals surface area contributed by atoms with Gasteiger partial charge in [-0.3, -0.25) is 0 Å². The summed E-state index contributed by atoms with van der Waals surface area (Å²) in [6, 6.07) is 4.21. The van der Waals surface area contributed by atoms with Crippen molar-refractivity contribution in [3.63, 3.8) is 0 Å². The molecule has 0 amide bonds. The first-order valence-electron chi connectivity index (χ1n) is 8.43. The van der Waals surface area contributed by atoms with Crippen molar-refractivity contribution in [1.82, 2.24) is 0 Å². The van der Waals surface area contributed by atoms with E-state index in [0.717, 1.165) is 35.8 Å². The molecule has 0 aliphatic carbocycles. The third kappa shape index (κ3) is 3.73. The summed E-state index contributed by atoms with van der Waals surface area (Å²) >= 11 is 0. The van der Waals surface area contributed by atoms with E-state index in [0.29, 0.717) is 17.8 Å². The lowest BCUT2D eigenvalue weighted by Gasteiger charge is -2.16. The monoisotopic (exact) mass is 300 g/mol. The van der Waals surface area contributed by atoms with Gasteiger partial charge in [0.05, 0.1) is 13.2 Å². The average Bonchev–Trinajstić information content (AvgIpc) is 2.84. The number of rotatable bonds is 1. The lowest BCUT2D eigenvalue weighted by Crippen LogP contribution is -2.14. The van der Waals surface area contributed by atoms with E-state index in [2.05, 4.69) is 51.1 Å². The molecule has 1 aromatic carbocycles. The molecule has 3 rings (SSSR count). The van der Waals surface area contributed by atoms with Crippen LogP contribution in [0.5, 0.6) is 11.5 Å². The fraction of sp³-hybridized carbons (Fsp3) is 0.500. The molecule has 120 valence electrons. The second kappa shape index (κ2) is 7.53. The molecule has 2 heterocycles. The number of ether oxygens (including phenoxy) is 2. The summed E-state index contributed by atoms with van der Waals surface area (Å²) in [6.45, 7) is 12.1. The third-order valence-corrected chi connectivity index (χ3v) is 4.06. The SMILES string of the molecule is CC.CC1C=Cc2cc3c(cc2OC1)OCC(C(C)C)C=C3. The summed E-state index contributed by atoms with van der Waals surface area (Å²) in [5.74, 6) is 3.38. The van der Waals surface area contributed by atoms with Gasteiger partial charge in [0.1, 0.15) is 11.5 Å².